The predicted octanol–water partition coefficient (Wildman–Crippen LogP) is 2.25. The number of benzene rings is 1. The van der Waals surface area contributed by atoms with Gasteiger partial charge in [-0.15, -0.1) is 0 Å². The number of carbonyl (C=O) groups excluding carboxylic acids is 1. The zero-order valence-corrected chi connectivity index (χ0v) is 14.8. The second kappa shape index (κ2) is 8.79. The molecule has 3 rings (SSSR count). The van der Waals surface area contributed by atoms with Crippen molar-refractivity contribution in [3.05, 3.63) is 71.7 Å². The van der Waals surface area contributed by atoms with Crippen molar-refractivity contribution in [1.29, 1.82) is 0 Å². The fourth-order valence-electron chi connectivity index (χ4n) is 2.67. The molecule has 0 radical (unpaired) electrons. The van der Waals surface area contributed by atoms with Gasteiger partial charge in [0.15, 0.2) is 0 Å². The number of ether oxygens (including phenoxy) is 1. The molecular formula is C20H22N2O5. The van der Waals surface area contributed by atoms with Crippen molar-refractivity contribution in [2.45, 2.75) is 31.4 Å². The molecule has 1 amide bonds. The van der Waals surface area contributed by atoms with E-state index in [9.17, 15) is 9.90 Å². The molecule has 27 heavy (non-hydrogen) atoms. The van der Waals surface area contributed by atoms with Crippen LogP contribution in [0.1, 0.15) is 29.9 Å². The largest absolute Gasteiger partial charge is 0.465 e. The molecule has 0 spiro atoms. The van der Waals surface area contributed by atoms with Crippen molar-refractivity contribution in [3.63, 3.8) is 0 Å². The number of hydrogen-bond donors (Lipinski definition) is 4. The van der Waals surface area contributed by atoms with Crippen LogP contribution in [-0.2, 0) is 9.53 Å². The van der Waals surface area contributed by atoms with Crippen molar-refractivity contribution in [1.82, 2.24) is 10.8 Å². The molecule has 1 fully saturated rings. The van der Waals surface area contributed by atoms with E-state index in [0.717, 1.165) is 16.9 Å². The van der Waals surface area contributed by atoms with Crippen LogP contribution < -0.4 is 10.8 Å². The second-order valence-electron chi connectivity index (χ2n) is 6.24. The Morgan fingerprint density at radius 1 is 1.19 bits per heavy atom. The summed E-state index contributed by atoms with van der Waals surface area (Å²) in [4.78, 5) is 11.5. The molecular weight excluding hydrogens is 348 g/mol. The summed E-state index contributed by atoms with van der Waals surface area (Å²) in [7, 11) is 0. The number of carbonyl (C=O) groups is 1. The molecule has 0 saturated carbocycles. The van der Waals surface area contributed by atoms with Crippen LogP contribution in [-0.4, -0.2) is 34.6 Å². The Kier molecular flexibility index (Phi) is 6.20. The van der Waals surface area contributed by atoms with E-state index in [1.807, 2.05) is 60.7 Å². The minimum absolute atomic E-state index is 0.199. The van der Waals surface area contributed by atoms with Crippen LogP contribution in [0.15, 0.2) is 59.2 Å². The second-order valence-corrected chi connectivity index (χ2v) is 6.24. The molecule has 7 heteroatoms. The fourth-order valence-corrected chi connectivity index (χ4v) is 2.67. The summed E-state index contributed by atoms with van der Waals surface area (Å²) in [6, 6.07) is 10.6. The molecule has 4 atom stereocenters. The molecule has 1 aromatic carbocycles. The smallest absolute Gasteiger partial charge is 0.263 e. The predicted molar refractivity (Wildman–Crippen MR) is 99.4 cm³/mol. The molecule has 1 saturated heterocycles. The lowest BCUT2D eigenvalue weighted by atomic mass is 10.1. The molecule has 1 aliphatic heterocycles. The fraction of sp³-hybridized carbons (Fsp3) is 0.250. The summed E-state index contributed by atoms with van der Waals surface area (Å²) >= 11 is 0. The zero-order valence-electron chi connectivity index (χ0n) is 14.8. The lowest BCUT2D eigenvalue weighted by molar-refractivity contribution is -0.134. The molecule has 2 heterocycles. The molecule has 142 valence electrons. The van der Waals surface area contributed by atoms with Crippen molar-refractivity contribution < 1.29 is 24.3 Å². The van der Waals surface area contributed by atoms with Crippen LogP contribution in [0.2, 0.25) is 0 Å². The van der Waals surface area contributed by atoms with Gasteiger partial charge in [0.25, 0.3) is 5.91 Å². The summed E-state index contributed by atoms with van der Waals surface area (Å²) in [5.41, 5.74) is 3.54. The number of aliphatic hydroxyl groups is 1. The molecule has 0 aliphatic carbocycles. The molecule has 4 unspecified atom stereocenters. The van der Waals surface area contributed by atoms with Crippen molar-refractivity contribution in [3.8, 4) is 0 Å². The van der Waals surface area contributed by atoms with Gasteiger partial charge in [0.2, 0.25) is 0 Å². The summed E-state index contributed by atoms with van der Waals surface area (Å²) < 4.78 is 10.7. The zero-order chi connectivity index (χ0) is 19.2. The van der Waals surface area contributed by atoms with Gasteiger partial charge in [-0.05, 0) is 36.3 Å². The van der Waals surface area contributed by atoms with Crippen molar-refractivity contribution in [2.75, 3.05) is 0 Å². The maximum Gasteiger partial charge on any atom is 0.263 e. The normalized spacial score (nSPS) is 21.4. The Hall–Kier alpha value is -2.71. The number of epoxide rings is 1. The Morgan fingerprint density at radius 2 is 1.93 bits per heavy atom. The number of hydroxylamine groups is 1. The highest BCUT2D eigenvalue weighted by atomic mass is 16.6. The number of amides is 1. The monoisotopic (exact) mass is 370 g/mol. The van der Waals surface area contributed by atoms with E-state index in [0.29, 0.717) is 0 Å². The number of nitrogens with one attached hydrogen (secondary N) is 2. The molecule has 4 N–H and O–H groups in total. The number of rotatable bonds is 8. The topological polar surface area (TPSA) is 107 Å². The van der Waals surface area contributed by atoms with E-state index in [1.54, 1.807) is 6.26 Å². The van der Waals surface area contributed by atoms with Crippen LogP contribution in [0.25, 0.3) is 12.2 Å². The van der Waals surface area contributed by atoms with Crippen molar-refractivity contribution >= 4 is 18.1 Å². The minimum Gasteiger partial charge on any atom is -0.465 e. The standard InChI is InChI=1S/C20H22N2O5/c1-13(23)17(19(24)22-25)21-20-18(27-20)15-10-8-14(9-11-15)5-2-3-6-16-7-4-12-26-16/h2-13,17-18,20-21,23,25H,1H3,(H,22,24)/b5-2+,6-3+. The van der Waals surface area contributed by atoms with Gasteiger partial charge in [-0.2, -0.15) is 0 Å². The maximum absolute atomic E-state index is 11.5. The van der Waals surface area contributed by atoms with Gasteiger partial charge in [0.05, 0.1) is 12.4 Å². The van der Waals surface area contributed by atoms with Gasteiger partial charge in [-0.3, -0.25) is 15.3 Å². The van der Waals surface area contributed by atoms with E-state index in [1.165, 1.54) is 12.4 Å². The van der Waals surface area contributed by atoms with Gasteiger partial charge in [-0.25, -0.2) is 5.48 Å². The average Bonchev–Trinajstić information content (AvgIpc) is 3.25. The van der Waals surface area contributed by atoms with Gasteiger partial charge in [0, 0.05) is 0 Å². The summed E-state index contributed by atoms with van der Waals surface area (Å²) in [5, 5.41) is 21.3. The summed E-state index contributed by atoms with van der Waals surface area (Å²) in [6.45, 7) is 1.46. The number of hydrogen-bond acceptors (Lipinski definition) is 6. The first kappa shape index (κ1) is 19.1. The maximum atomic E-state index is 11.5. The third kappa shape index (κ3) is 5.15. The molecule has 2 aromatic rings. The third-order valence-corrected chi connectivity index (χ3v) is 4.18. The quantitative estimate of drug-likeness (QED) is 0.246. The van der Waals surface area contributed by atoms with Crippen LogP contribution in [0.5, 0.6) is 0 Å². The Labute approximate surface area is 156 Å². The summed E-state index contributed by atoms with van der Waals surface area (Å²) in [6.07, 6.45) is 7.75. The Balaban J connectivity index is 1.53. The first-order valence-corrected chi connectivity index (χ1v) is 8.60. The Morgan fingerprint density at radius 3 is 2.56 bits per heavy atom. The summed E-state index contributed by atoms with van der Waals surface area (Å²) in [5.74, 6) is 0.0899. The number of aliphatic hydroxyl groups excluding tert-OH is 1. The third-order valence-electron chi connectivity index (χ3n) is 4.18. The molecule has 7 nitrogen and oxygen atoms in total. The molecule has 1 aromatic heterocycles. The Bertz CT molecular complexity index is 796. The number of allylic oxidation sites excluding steroid dienone is 2. The van der Waals surface area contributed by atoms with Gasteiger partial charge >= 0.3 is 0 Å². The highest BCUT2D eigenvalue weighted by molar-refractivity contribution is 5.81. The van der Waals surface area contributed by atoms with Crippen LogP contribution in [0.3, 0.4) is 0 Å². The van der Waals surface area contributed by atoms with E-state index in [-0.39, 0.29) is 12.3 Å². The van der Waals surface area contributed by atoms with E-state index >= 15 is 0 Å². The van der Waals surface area contributed by atoms with Gasteiger partial charge < -0.3 is 14.3 Å². The van der Waals surface area contributed by atoms with Crippen LogP contribution in [0.4, 0.5) is 0 Å². The SMILES string of the molecule is CC(O)C(NC1OC1c1ccc(/C=C/C=C/c2ccco2)cc1)C(=O)NO. The lowest BCUT2D eigenvalue weighted by Crippen LogP contribution is -2.50. The minimum atomic E-state index is -0.969. The van der Waals surface area contributed by atoms with Gasteiger partial charge in [0.1, 0.15) is 24.1 Å². The van der Waals surface area contributed by atoms with Gasteiger partial charge in [-0.1, -0.05) is 42.5 Å². The van der Waals surface area contributed by atoms with E-state index in [2.05, 4.69) is 5.32 Å². The van der Waals surface area contributed by atoms with E-state index < -0.39 is 18.1 Å². The highest BCUT2D eigenvalue weighted by Crippen LogP contribution is 2.37. The first-order chi connectivity index (χ1) is 13.1. The van der Waals surface area contributed by atoms with Crippen LogP contribution in [0, 0.1) is 0 Å². The van der Waals surface area contributed by atoms with Crippen LogP contribution >= 0.6 is 0 Å². The first-order valence-electron chi connectivity index (χ1n) is 8.60. The van der Waals surface area contributed by atoms with Crippen molar-refractivity contribution in [2.24, 2.45) is 0 Å². The lowest BCUT2D eigenvalue weighted by Gasteiger charge is -2.17. The number of furan rings is 1. The highest BCUT2D eigenvalue weighted by Gasteiger charge is 2.43. The van der Waals surface area contributed by atoms with E-state index in [4.69, 9.17) is 14.4 Å². The average molecular weight is 370 g/mol. The molecule has 1 aliphatic rings. The molecule has 0 bridgehead atoms.